The molecule has 0 saturated carbocycles. The van der Waals surface area contributed by atoms with Gasteiger partial charge in [-0.3, -0.25) is 4.79 Å². The molecule has 1 amide bonds. The molecular formula is C13H13BrN2OS. The molecule has 0 spiro atoms. The first-order chi connectivity index (χ1) is 8.58. The number of aryl methyl sites for hydroxylation is 1. The van der Waals surface area contributed by atoms with E-state index in [0.717, 1.165) is 4.47 Å². The SMILES string of the molecule is Cc1ccsc1CNC(=O)c1cc(N)ccc1Br. The van der Waals surface area contributed by atoms with E-state index in [9.17, 15) is 4.79 Å². The maximum Gasteiger partial charge on any atom is 0.252 e. The number of nitrogens with one attached hydrogen (secondary N) is 1. The zero-order valence-corrected chi connectivity index (χ0v) is 12.3. The van der Waals surface area contributed by atoms with Crippen LogP contribution in [0, 0.1) is 6.92 Å². The fourth-order valence-electron chi connectivity index (χ4n) is 1.56. The van der Waals surface area contributed by atoms with Crippen LogP contribution in [0.1, 0.15) is 20.8 Å². The number of halogens is 1. The Hall–Kier alpha value is -1.33. The molecule has 0 radical (unpaired) electrons. The lowest BCUT2D eigenvalue weighted by atomic mass is 10.2. The second kappa shape index (κ2) is 5.54. The molecule has 0 atom stereocenters. The number of hydrogen-bond donors (Lipinski definition) is 2. The molecule has 1 aromatic heterocycles. The zero-order valence-electron chi connectivity index (χ0n) is 9.87. The van der Waals surface area contributed by atoms with Crippen LogP contribution < -0.4 is 11.1 Å². The largest absolute Gasteiger partial charge is 0.399 e. The van der Waals surface area contributed by atoms with Gasteiger partial charge in [0.25, 0.3) is 5.91 Å². The molecule has 0 aliphatic rings. The summed E-state index contributed by atoms with van der Waals surface area (Å²) in [5, 5.41) is 4.92. The van der Waals surface area contributed by atoms with Crippen LogP contribution in [0.4, 0.5) is 5.69 Å². The third-order valence-corrected chi connectivity index (χ3v) is 4.33. The van der Waals surface area contributed by atoms with Crippen LogP contribution in [0.2, 0.25) is 0 Å². The van der Waals surface area contributed by atoms with Crippen LogP contribution in [0.25, 0.3) is 0 Å². The predicted octanol–water partition coefficient (Wildman–Crippen LogP) is 3.33. The average Bonchev–Trinajstić information content (AvgIpc) is 2.75. The minimum absolute atomic E-state index is 0.123. The summed E-state index contributed by atoms with van der Waals surface area (Å²) in [5.74, 6) is -0.123. The number of nitrogen functional groups attached to an aromatic ring is 1. The molecule has 94 valence electrons. The highest BCUT2D eigenvalue weighted by Gasteiger charge is 2.10. The van der Waals surface area contributed by atoms with E-state index in [1.54, 1.807) is 29.5 Å². The van der Waals surface area contributed by atoms with E-state index in [1.807, 2.05) is 18.4 Å². The Bertz CT molecular complexity index is 580. The maximum atomic E-state index is 12.0. The molecule has 18 heavy (non-hydrogen) atoms. The van der Waals surface area contributed by atoms with Gasteiger partial charge in [0.1, 0.15) is 0 Å². The quantitative estimate of drug-likeness (QED) is 0.851. The summed E-state index contributed by atoms with van der Waals surface area (Å²) < 4.78 is 0.747. The number of benzene rings is 1. The van der Waals surface area contributed by atoms with Crippen molar-refractivity contribution in [1.29, 1.82) is 0 Å². The molecule has 0 bridgehead atoms. The first kappa shape index (κ1) is 13.1. The number of amides is 1. The van der Waals surface area contributed by atoms with Crippen molar-refractivity contribution in [2.45, 2.75) is 13.5 Å². The second-order valence-electron chi connectivity index (χ2n) is 3.95. The van der Waals surface area contributed by atoms with Gasteiger partial charge in [0.15, 0.2) is 0 Å². The minimum atomic E-state index is -0.123. The Balaban J connectivity index is 2.08. The van der Waals surface area contributed by atoms with E-state index in [2.05, 4.69) is 21.2 Å². The Morgan fingerprint density at radius 3 is 2.89 bits per heavy atom. The van der Waals surface area contributed by atoms with E-state index in [-0.39, 0.29) is 5.91 Å². The Morgan fingerprint density at radius 2 is 2.22 bits per heavy atom. The smallest absolute Gasteiger partial charge is 0.252 e. The third kappa shape index (κ3) is 2.91. The average molecular weight is 325 g/mol. The topological polar surface area (TPSA) is 55.1 Å². The first-order valence-electron chi connectivity index (χ1n) is 5.44. The number of carbonyl (C=O) groups excluding carboxylic acids is 1. The number of nitrogens with two attached hydrogens (primary N) is 1. The molecule has 1 aromatic carbocycles. The van der Waals surface area contributed by atoms with Gasteiger partial charge in [0.2, 0.25) is 0 Å². The molecule has 2 aromatic rings. The van der Waals surface area contributed by atoms with Crippen molar-refractivity contribution in [3.8, 4) is 0 Å². The highest BCUT2D eigenvalue weighted by Crippen LogP contribution is 2.20. The summed E-state index contributed by atoms with van der Waals surface area (Å²) in [6.07, 6.45) is 0. The number of carbonyl (C=O) groups is 1. The summed E-state index contributed by atoms with van der Waals surface area (Å²) in [4.78, 5) is 13.2. The van der Waals surface area contributed by atoms with E-state index in [0.29, 0.717) is 17.8 Å². The van der Waals surface area contributed by atoms with Gasteiger partial charge in [-0.05, 0) is 58.1 Å². The van der Waals surface area contributed by atoms with Crippen molar-refractivity contribution in [1.82, 2.24) is 5.32 Å². The van der Waals surface area contributed by atoms with Gasteiger partial charge in [-0.1, -0.05) is 0 Å². The van der Waals surface area contributed by atoms with Crippen LogP contribution in [0.5, 0.6) is 0 Å². The second-order valence-corrected chi connectivity index (χ2v) is 5.80. The Morgan fingerprint density at radius 1 is 1.44 bits per heavy atom. The van der Waals surface area contributed by atoms with Crippen LogP contribution in [0.3, 0.4) is 0 Å². The monoisotopic (exact) mass is 324 g/mol. The molecule has 5 heteroatoms. The number of anilines is 1. The van der Waals surface area contributed by atoms with Gasteiger partial charge in [0, 0.05) is 15.0 Å². The molecule has 2 rings (SSSR count). The van der Waals surface area contributed by atoms with Gasteiger partial charge in [-0.2, -0.15) is 0 Å². The summed E-state index contributed by atoms with van der Waals surface area (Å²) in [7, 11) is 0. The summed E-state index contributed by atoms with van der Waals surface area (Å²) >= 11 is 4.99. The van der Waals surface area contributed by atoms with Gasteiger partial charge in [-0.15, -0.1) is 11.3 Å². The van der Waals surface area contributed by atoms with Crippen molar-refractivity contribution in [2.75, 3.05) is 5.73 Å². The summed E-state index contributed by atoms with van der Waals surface area (Å²) in [6, 6.07) is 7.24. The molecule has 3 nitrogen and oxygen atoms in total. The highest BCUT2D eigenvalue weighted by atomic mass is 79.9. The standard InChI is InChI=1S/C13H13BrN2OS/c1-8-4-5-18-12(8)7-16-13(17)10-6-9(15)2-3-11(10)14/h2-6H,7,15H2,1H3,(H,16,17). The molecule has 0 unspecified atom stereocenters. The van der Waals surface area contributed by atoms with Crippen molar-refractivity contribution < 1.29 is 4.79 Å². The third-order valence-electron chi connectivity index (χ3n) is 2.61. The van der Waals surface area contributed by atoms with Crippen molar-refractivity contribution >= 4 is 38.9 Å². The normalized spacial score (nSPS) is 10.3. The lowest BCUT2D eigenvalue weighted by Crippen LogP contribution is -2.23. The van der Waals surface area contributed by atoms with Gasteiger partial charge < -0.3 is 11.1 Å². The van der Waals surface area contributed by atoms with Crippen LogP contribution in [-0.4, -0.2) is 5.91 Å². The van der Waals surface area contributed by atoms with Gasteiger partial charge in [-0.25, -0.2) is 0 Å². The van der Waals surface area contributed by atoms with Crippen LogP contribution in [-0.2, 0) is 6.54 Å². The fraction of sp³-hybridized carbons (Fsp3) is 0.154. The van der Waals surface area contributed by atoms with Crippen molar-refractivity contribution in [3.63, 3.8) is 0 Å². The molecule has 0 aliphatic heterocycles. The lowest BCUT2D eigenvalue weighted by Gasteiger charge is -2.07. The Kier molecular flexibility index (Phi) is 4.04. The van der Waals surface area contributed by atoms with E-state index < -0.39 is 0 Å². The van der Waals surface area contributed by atoms with E-state index in [4.69, 9.17) is 5.73 Å². The summed E-state index contributed by atoms with van der Waals surface area (Å²) in [6.45, 7) is 2.58. The van der Waals surface area contributed by atoms with Crippen molar-refractivity contribution in [2.24, 2.45) is 0 Å². The molecule has 1 heterocycles. The number of thiophene rings is 1. The minimum Gasteiger partial charge on any atom is -0.399 e. The Labute approximate surface area is 118 Å². The highest BCUT2D eigenvalue weighted by molar-refractivity contribution is 9.10. The fourth-order valence-corrected chi connectivity index (χ4v) is 2.83. The van der Waals surface area contributed by atoms with Gasteiger partial charge in [0.05, 0.1) is 12.1 Å². The molecule has 0 aliphatic carbocycles. The van der Waals surface area contributed by atoms with Gasteiger partial charge >= 0.3 is 0 Å². The van der Waals surface area contributed by atoms with E-state index >= 15 is 0 Å². The molecule has 0 saturated heterocycles. The van der Waals surface area contributed by atoms with Crippen LogP contribution in [0.15, 0.2) is 34.1 Å². The van der Waals surface area contributed by atoms with E-state index in [1.165, 1.54) is 10.4 Å². The first-order valence-corrected chi connectivity index (χ1v) is 7.11. The lowest BCUT2D eigenvalue weighted by molar-refractivity contribution is 0.0950. The number of rotatable bonds is 3. The molecular weight excluding hydrogens is 312 g/mol. The summed E-state index contributed by atoms with van der Waals surface area (Å²) in [5.41, 5.74) is 8.02. The zero-order chi connectivity index (χ0) is 13.1. The molecule has 0 fully saturated rings. The maximum absolute atomic E-state index is 12.0. The predicted molar refractivity (Wildman–Crippen MR) is 78.8 cm³/mol. The molecule has 3 N–H and O–H groups in total. The van der Waals surface area contributed by atoms with Crippen LogP contribution >= 0.6 is 27.3 Å². The van der Waals surface area contributed by atoms with Crippen molar-refractivity contribution in [3.05, 3.63) is 50.1 Å². The number of hydrogen-bond acceptors (Lipinski definition) is 3.